The number of urea groups is 1. The third-order valence-electron chi connectivity index (χ3n) is 3.86. The molecule has 21 heavy (non-hydrogen) atoms. The van der Waals surface area contributed by atoms with Crippen LogP contribution >= 0.6 is 0 Å². The third kappa shape index (κ3) is 6.46. The van der Waals surface area contributed by atoms with Crippen molar-refractivity contribution in [3.8, 4) is 0 Å². The molecule has 7 nitrogen and oxygen atoms in total. The van der Waals surface area contributed by atoms with Gasteiger partial charge in [0, 0.05) is 12.0 Å². The normalized spacial score (nSPS) is 18.5. The highest BCUT2D eigenvalue weighted by molar-refractivity contribution is 5.82. The summed E-state index contributed by atoms with van der Waals surface area (Å²) in [6.45, 7) is 1.96. The quantitative estimate of drug-likeness (QED) is 0.571. The summed E-state index contributed by atoms with van der Waals surface area (Å²) in [5.74, 6) is -2.12. The number of carboxylic acids is 2. The lowest BCUT2D eigenvalue weighted by molar-refractivity contribution is -0.140. The summed E-state index contributed by atoms with van der Waals surface area (Å²) in [6.07, 6.45) is 5.25. The molecule has 0 saturated heterocycles. The molecule has 0 aliphatic heterocycles. The fourth-order valence-corrected chi connectivity index (χ4v) is 2.64. The number of carbonyl (C=O) groups is 3. The lowest BCUT2D eigenvalue weighted by Gasteiger charge is -2.34. The first kappa shape index (κ1) is 17.3. The summed E-state index contributed by atoms with van der Waals surface area (Å²) >= 11 is 0. The smallest absolute Gasteiger partial charge is 0.326 e. The Balaban J connectivity index is 2.44. The summed E-state index contributed by atoms with van der Waals surface area (Å²) in [5.41, 5.74) is -0.285. The van der Waals surface area contributed by atoms with Crippen LogP contribution in [0.25, 0.3) is 0 Å². The number of carboxylic acid groups (broad SMARTS) is 2. The molecule has 1 fully saturated rings. The number of aliphatic carboxylic acids is 2. The van der Waals surface area contributed by atoms with Crippen LogP contribution in [0.3, 0.4) is 0 Å². The average Bonchev–Trinajstić information content (AvgIpc) is 2.37. The van der Waals surface area contributed by atoms with E-state index in [2.05, 4.69) is 10.6 Å². The summed E-state index contributed by atoms with van der Waals surface area (Å²) < 4.78 is 0. The zero-order valence-corrected chi connectivity index (χ0v) is 12.4. The van der Waals surface area contributed by atoms with Gasteiger partial charge >= 0.3 is 18.0 Å². The minimum absolute atomic E-state index is 0.103. The van der Waals surface area contributed by atoms with Crippen LogP contribution < -0.4 is 10.6 Å². The first-order chi connectivity index (χ1) is 9.82. The molecule has 1 atom stereocenters. The van der Waals surface area contributed by atoms with Crippen LogP contribution in [0.2, 0.25) is 0 Å². The molecule has 0 aromatic carbocycles. The minimum Gasteiger partial charge on any atom is -0.481 e. The fraction of sp³-hybridized carbons (Fsp3) is 0.786. The Hall–Kier alpha value is -1.79. The van der Waals surface area contributed by atoms with Crippen molar-refractivity contribution in [1.29, 1.82) is 0 Å². The lowest BCUT2D eigenvalue weighted by atomic mass is 9.83. The Labute approximate surface area is 124 Å². The van der Waals surface area contributed by atoms with E-state index in [0.717, 1.165) is 32.1 Å². The first-order valence-electron chi connectivity index (χ1n) is 7.36. The maximum Gasteiger partial charge on any atom is 0.326 e. The van der Waals surface area contributed by atoms with E-state index in [1.807, 2.05) is 6.92 Å². The van der Waals surface area contributed by atoms with Crippen molar-refractivity contribution in [1.82, 2.24) is 10.6 Å². The standard InChI is InChI=1S/C14H24N2O5/c1-14(8-3-2-4-9-14)16-13(21)15-10(12(19)20)6-5-7-11(17)18/h10H,2-9H2,1H3,(H,17,18)(H,19,20)(H2,15,16,21)/t10-/m1/s1. The largest absolute Gasteiger partial charge is 0.481 e. The summed E-state index contributed by atoms with van der Waals surface area (Å²) in [7, 11) is 0. The van der Waals surface area contributed by atoms with Crippen molar-refractivity contribution in [2.45, 2.75) is 69.9 Å². The van der Waals surface area contributed by atoms with Crippen LogP contribution in [0.5, 0.6) is 0 Å². The molecule has 0 aromatic rings. The monoisotopic (exact) mass is 300 g/mol. The molecule has 7 heteroatoms. The van der Waals surface area contributed by atoms with E-state index in [4.69, 9.17) is 10.2 Å². The molecular formula is C14H24N2O5. The Morgan fingerprint density at radius 2 is 1.76 bits per heavy atom. The van der Waals surface area contributed by atoms with Gasteiger partial charge in [0.1, 0.15) is 6.04 Å². The van der Waals surface area contributed by atoms with Gasteiger partial charge in [-0.3, -0.25) is 4.79 Å². The van der Waals surface area contributed by atoms with Crippen LogP contribution in [-0.2, 0) is 9.59 Å². The predicted molar refractivity (Wildman–Crippen MR) is 76.1 cm³/mol. The molecule has 1 saturated carbocycles. The van der Waals surface area contributed by atoms with E-state index in [0.29, 0.717) is 0 Å². The van der Waals surface area contributed by atoms with E-state index >= 15 is 0 Å². The van der Waals surface area contributed by atoms with Gasteiger partial charge in [-0.2, -0.15) is 0 Å². The molecule has 0 unspecified atom stereocenters. The fourth-order valence-electron chi connectivity index (χ4n) is 2.64. The molecule has 0 bridgehead atoms. The third-order valence-corrected chi connectivity index (χ3v) is 3.86. The van der Waals surface area contributed by atoms with E-state index < -0.39 is 24.0 Å². The Morgan fingerprint density at radius 3 is 2.29 bits per heavy atom. The van der Waals surface area contributed by atoms with Gasteiger partial charge in [-0.05, 0) is 32.6 Å². The van der Waals surface area contributed by atoms with Gasteiger partial charge in [-0.1, -0.05) is 19.3 Å². The van der Waals surface area contributed by atoms with Crippen LogP contribution in [0.1, 0.15) is 58.3 Å². The van der Waals surface area contributed by atoms with Crippen molar-refractivity contribution in [3.63, 3.8) is 0 Å². The van der Waals surface area contributed by atoms with Gasteiger partial charge in [0.15, 0.2) is 0 Å². The van der Waals surface area contributed by atoms with E-state index in [1.54, 1.807) is 0 Å². The topological polar surface area (TPSA) is 116 Å². The second-order valence-corrected chi connectivity index (χ2v) is 5.90. The van der Waals surface area contributed by atoms with Crippen LogP contribution in [0, 0.1) is 0 Å². The SMILES string of the molecule is CC1(NC(=O)N[C@H](CCCC(=O)O)C(=O)O)CCCCC1. The van der Waals surface area contributed by atoms with E-state index in [9.17, 15) is 14.4 Å². The molecule has 0 radical (unpaired) electrons. The zero-order chi connectivity index (χ0) is 15.9. The van der Waals surface area contributed by atoms with Gasteiger partial charge < -0.3 is 20.8 Å². The maximum absolute atomic E-state index is 11.9. The molecule has 4 N–H and O–H groups in total. The second kappa shape index (κ2) is 7.85. The number of carbonyl (C=O) groups excluding carboxylic acids is 1. The molecule has 0 spiro atoms. The lowest BCUT2D eigenvalue weighted by Crippen LogP contribution is -2.54. The van der Waals surface area contributed by atoms with Gasteiger partial charge in [0.05, 0.1) is 0 Å². The molecule has 0 heterocycles. The number of rotatable bonds is 7. The van der Waals surface area contributed by atoms with Crippen molar-refractivity contribution in [2.75, 3.05) is 0 Å². The molecule has 1 aliphatic carbocycles. The average molecular weight is 300 g/mol. The van der Waals surface area contributed by atoms with Crippen molar-refractivity contribution >= 4 is 18.0 Å². The number of hydrogen-bond acceptors (Lipinski definition) is 3. The Bertz CT molecular complexity index is 391. The second-order valence-electron chi connectivity index (χ2n) is 5.90. The summed E-state index contributed by atoms with van der Waals surface area (Å²) in [6, 6.07) is -1.56. The molecular weight excluding hydrogens is 276 g/mol. The zero-order valence-electron chi connectivity index (χ0n) is 12.4. The molecule has 1 rings (SSSR count). The Morgan fingerprint density at radius 1 is 1.14 bits per heavy atom. The molecule has 2 amide bonds. The summed E-state index contributed by atoms with van der Waals surface area (Å²) in [4.78, 5) is 33.4. The van der Waals surface area contributed by atoms with E-state index in [1.165, 1.54) is 0 Å². The van der Waals surface area contributed by atoms with Crippen LogP contribution in [0.15, 0.2) is 0 Å². The van der Waals surface area contributed by atoms with Crippen LogP contribution in [-0.4, -0.2) is 39.8 Å². The highest BCUT2D eigenvalue weighted by Crippen LogP contribution is 2.27. The minimum atomic E-state index is -1.15. The maximum atomic E-state index is 11.9. The highest BCUT2D eigenvalue weighted by atomic mass is 16.4. The first-order valence-corrected chi connectivity index (χ1v) is 7.36. The van der Waals surface area contributed by atoms with Crippen molar-refractivity contribution in [3.05, 3.63) is 0 Å². The number of amides is 2. The van der Waals surface area contributed by atoms with E-state index in [-0.39, 0.29) is 24.8 Å². The van der Waals surface area contributed by atoms with Gasteiger partial charge in [0.25, 0.3) is 0 Å². The van der Waals surface area contributed by atoms with Gasteiger partial charge in [0.2, 0.25) is 0 Å². The number of nitrogens with one attached hydrogen (secondary N) is 2. The number of hydrogen-bond donors (Lipinski definition) is 4. The molecule has 120 valence electrons. The summed E-state index contributed by atoms with van der Waals surface area (Å²) in [5, 5.41) is 22.9. The van der Waals surface area contributed by atoms with Crippen LogP contribution in [0.4, 0.5) is 4.79 Å². The highest BCUT2D eigenvalue weighted by Gasteiger charge is 2.29. The van der Waals surface area contributed by atoms with Gasteiger partial charge in [-0.25, -0.2) is 9.59 Å². The Kier molecular flexibility index (Phi) is 6.45. The van der Waals surface area contributed by atoms with Gasteiger partial charge in [-0.15, -0.1) is 0 Å². The van der Waals surface area contributed by atoms with Crippen molar-refractivity contribution < 1.29 is 24.6 Å². The van der Waals surface area contributed by atoms with Crippen molar-refractivity contribution in [2.24, 2.45) is 0 Å². The molecule has 1 aliphatic rings. The predicted octanol–water partition coefficient (Wildman–Crippen LogP) is 1.72. The molecule has 0 aromatic heterocycles.